The highest BCUT2D eigenvalue weighted by Crippen LogP contribution is 2.27. The number of imidazole rings is 1. The zero-order valence-electron chi connectivity index (χ0n) is 17.7. The molecular weight excluding hydrogens is 453 g/mol. The number of hydrogen-bond donors (Lipinski definition) is 1. The lowest BCUT2D eigenvalue weighted by molar-refractivity contribution is 0.102. The van der Waals surface area contributed by atoms with E-state index in [1.54, 1.807) is 45.9 Å². The third kappa shape index (κ3) is 4.57. The minimum Gasteiger partial charge on any atom is -0.322 e. The van der Waals surface area contributed by atoms with Gasteiger partial charge in [0, 0.05) is 23.0 Å². The van der Waals surface area contributed by atoms with Crippen LogP contribution in [0.25, 0.3) is 11.4 Å². The normalized spacial score (nSPS) is 10.9. The standard InChI is InChI=1S/C24H18FN7OS/c25-20-14-17(10-11-21(20)31-13-12-26-16-31)27-24(33)19-8-4-5-9-22(19)34-15-23-28-29-30-32(23)18-6-2-1-3-7-18/h1-14,16H,15H2,(H,27,33). The van der Waals surface area contributed by atoms with Crippen LogP contribution in [0.3, 0.4) is 0 Å². The Morgan fingerprint density at radius 1 is 1.03 bits per heavy atom. The van der Waals surface area contributed by atoms with Gasteiger partial charge < -0.3 is 9.88 Å². The van der Waals surface area contributed by atoms with Crippen molar-refractivity contribution in [2.45, 2.75) is 10.6 Å². The molecule has 0 fully saturated rings. The van der Waals surface area contributed by atoms with Crippen LogP contribution in [0.15, 0.2) is 96.4 Å². The number of aromatic nitrogens is 6. The fourth-order valence-corrected chi connectivity index (χ4v) is 4.34. The molecule has 2 heterocycles. The Hall–Kier alpha value is -4.31. The second kappa shape index (κ2) is 9.67. The molecule has 0 spiro atoms. The first kappa shape index (κ1) is 21.5. The van der Waals surface area contributed by atoms with Crippen molar-refractivity contribution in [2.24, 2.45) is 0 Å². The van der Waals surface area contributed by atoms with Gasteiger partial charge in [-0.15, -0.1) is 16.9 Å². The topological polar surface area (TPSA) is 90.5 Å². The molecule has 0 unspecified atom stereocenters. The monoisotopic (exact) mass is 471 g/mol. The fraction of sp³-hybridized carbons (Fsp3) is 0.0417. The van der Waals surface area contributed by atoms with Crippen LogP contribution in [0.4, 0.5) is 10.1 Å². The van der Waals surface area contributed by atoms with E-state index in [0.29, 0.717) is 28.5 Å². The third-order valence-corrected chi connectivity index (χ3v) is 6.08. The SMILES string of the molecule is O=C(Nc1ccc(-n2ccnc2)c(F)c1)c1ccccc1SCc1nnnn1-c1ccccc1. The Morgan fingerprint density at radius 3 is 2.65 bits per heavy atom. The molecular formula is C24H18FN7OS. The van der Waals surface area contributed by atoms with Crippen molar-refractivity contribution in [2.75, 3.05) is 5.32 Å². The van der Waals surface area contributed by atoms with Crippen LogP contribution in [0, 0.1) is 5.82 Å². The summed E-state index contributed by atoms with van der Waals surface area (Å²) in [4.78, 5) is 17.7. The average molecular weight is 472 g/mol. The number of benzene rings is 3. The molecule has 0 saturated carbocycles. The Morgan fingerprint density at radius 2 is 1.85 bits per heavy atom. The number of thioether (sulfide) groups is 1. The van der Waals surface area contributed by atoms with E-state index < -0.39 is 5.82 Å². The molecule has 8 nitrogen and oxygen atoms in total. The minimum absolute atomic E-state index is 0.333. The smallest absolute Gasteiger partial charge is 0.256 e. The first-order valence-electron chi connectivity index (χ1n) is 10.3. The number of anilines is 1. The molecule has 0 saturated heterocycles. The summed E-state index contributed by atoms with van der Waals surface area (Å²) in [6, 6.07) is 21.4. The molecule has 10 heteroatoms. The minimum atomic E-state index is -0.466. The maximum absolute atomic E-state index is 14.6. The van der Waals surface area contributed by atoms with Gasteiger partial charge >= 0.3 is 0 Å². The van der Waals surface area contributed by atoms with E-state index in [4.69, 9.17) is 0 Å². The van der Waals surface area contributed by atoms with Crippen LogP contribution in [-0.2, 0) is 5.75 Å². The van der Waals surface area contributed by atoms with Crippen LogP contribution >= 0.6 is 11.8 Å². The summed E-state index contributed by atoms with van der Waals surface area (Å²) >= 11 is 1.45. The van der Waals surface area contributed by atoms with Gasteiger partial charge in [-0.3, -0.25) is 4.79 Å². The second-order valence-corrected chi connectivity index (χ2v) is 8.23. The van der Waals surface area contributed by atoms with Crippen molar-refractivity contribution in [3.05, 3.63) is 109 Å². The van der Waals surface area contributed by atoms with E-state index >= 15 is 0 Å². The summed E-state index contributed by atoms with van der Waals surface area (Å²) in [6.45, 7) is 0. The molecule has 1 N–H and O–H groups in total. The highest BCUT2D eigenvalue weighted by molar-refractivity contribution is 7.98. The lowest BCUT2D eigenvalue weighted by Gasteiger charge is -2.11. The Kier molecular flexibility index (Phi) is 6.13. The molecule has 0 atom stereocenters. The first-order chi connectivity index (χ1) is 16.7. The highest BCUT2D eigenvalue weighted by Gasteiger charge is 2.15. The number of rotatable bonds is 7. The molecule has 0 radical (unpaired) electrons. The van der Waals surface area contributed by atoms with E-state index in [2.05, 4.69) is 25.8 Å². The molecule has 3 aromatic carbocycles. The number of hydrogen-bond acceptors (Lipinski definition) is 6. The molecule has 1 amide bonds. The van der Waals surface area contributed by atoms with Crippen molar-refractivity contribution in [1.29, 1.82) is 0 Å². The largest absolute Gasteiger partial charge is 0.322 e. The second-order valence-electron chi connectivity index (χ2n) is 7.22. The molecule has 0 aliphatic rings. The van der Waals surface area contributed by atoms with E-state index in [-0.39, 0.29) is 5.91 Å². The van der Waals surface area contributed by atoms with E-state index in [1.165, 1.54) is 24.2 Å². The maximum Gasteiger partial charge on any atom is 0.256 e. The molecule has 34 heavy (non-hydrogen) atoms. The summed E-state index contributed by atoms with van der Waals surface area (Å²) in [6.07, 6.45) is 4.73. The van der Waals surface area contributed by atoms with E-state index in [0.717, 1.165) is 10.6 Å². The molecule has 2 aromatic heterocycles. The van der Waals surface area contributed by atoms with Crippen molar-refractivity contribution < 1.29 is 9.18 Å². The van der Waals surface area contributed by atoms with E-state index in [9.17, 15) is 9.18 Å². The fourth-order valence-electron chi connectivity index (χ4n) is 3.38. The van der Waals surface area contributed by atoms with Crippen LogP contribution in [0.2, 0.25) is 0 Å². The van der Waals surface area contributed by atoms with Crippen LogP contribution < -0.4 is 5.32 Å². The van der Waals surface area contributed by atoms with Gasteiger partial charge in [-0.25, -0.2) is 9.37 Å². The van der Waals surface area contributed by atoms with Gasteiger partial charge in [0.1, 0.15) is 5.82 Å². The molecule has 168 valence electrons. The number of nitrogens with one attached hydrogen (secondary N) is 1. The highest BCUT2D eigenvalue weighted by atomic mass is 32.2. The van der Waals surface area contributed by atoms with Gasteiger partial charge in [-0.2, -0.15) is 4.68 Å². The molecule has 5 rings (SSSR count). The Labute approximate surface area is 198 Å². The lowest BCUT2D eigenvalue weighted by atomic mass is 10.2. The van der Waals surface area contributed by atoms with Gasteiger partial charge in [-0.1, -0.05) is 30.3 Å². The zero-order chi connectivity index (χ0) is 23.3. The summed E-state index contributed by atoms with van der Waals surface area (Å²) in [7, 11) is 0. The molecule has 0 aliphatic heterocycles. The number of carbonyl (C=O) groups is 1. The summed E-state index contributed by atoms with van der Waals surface area (Å²) < 4.78 is 17.8. The van der Waals surface area contributed by atoms with Crippen LogP contribution in [-0.4, -0.2) is 35.7 Å². The third-order valence-electron chi connectivity index (χ3n) is 5.01. The van der Waals surface area contributed by atoms with Crippen LogP contribution in [0.1, 0.15) is 16.2 Å². The van der Waals surface area contributed by atoms with Gasteiger partial charge in [0.15, 0.2) is 5.82 Å². The number of amides is 1. The van der Waals surface area contributed by atoms with E-state index in [1.807, 2.05) is 42.5 Å². The first-order valence-corrected chi connectivity index (χ1v) is 11.3. The van der Waals surface area contributed by atoms with Gasteiger partial charge in [0.25, 0.3) is 5.91 Å². The van der Waals surface area contributed by atoms with Crippen molar-refractivity contribution in [3.8, 4) is 11.4 Å². The van der Waals surface area contributed by atoms with Crippen LogP contribution in [0.5, 0.6) is 0 Å². The van der Waals surface area contributed by atoms with Gasteiger partial charge in [-0.05, 0) is 52.9 Å². The molecule has 0 bridgehead atoms. The predicted molar refractivity (Wildman–Crippen MR) is 127 cm³/mol. The Bertz CT molecular complexity index is 1420. The van der Waals surface area contributed by atoms with Crippen molar-refractivity contribution >= 4 is 23.4 Å². The Balaban J connectivity index is 1.31. The maximum atomic E-state index is 14.6. The number of para-hydroxylation sites is 1. The lowest BCUT2D eigenvalue weighted by Crippen LogP contribution is -2.13. The summed E-state index contributed by atoms with van der Waals surface area (Å²) in [5.74, 6) is 0.316. The number of nitrogens with zero attached hydrogens (tertiary/aromatic N) is 6. The van der Waals surface area contributed by atoms with Crippen molar-refractivity contribution in [3.63, 3.8) is 0 Å². The van der Waals surface area contributed by atoms with Gasteiger partial charge in [0.05, 0.1) is 29.0 Å². The average Bonchev–Trinajstić information content (AvgIpc) is 3.56. The molecule has 0 aliphatic carbocycles. The number of halogens is 1. The quantitative estimate of drug-likeness (QED) is 0.351. The predicted octanol–water partition coefficient (Wildman–Crippen LogP) is 4.53. The molecule has 5 aromatic rings. The zero-order valence-corrected chi connectivity index (χ0v) is 18.6. The summed E-state index contributed by atoms with van der Waals surface area (Å²) in [5.41, 5.74) is 2.04. The number of tetrazole rings is 1. The van der Waals surface area contributed by atoms with Crippen molar-refractivity contribution in [1.82, 2.24) is 29.8 Å². The number of carbonyl (C=O) groups excluding carboxylic acids is 1. The van der Waals surface area contributed by atoms with Gasteiger partial charge in [0.2, 0.25) is 0 Å². The summed E-state index contributed by atoms with van der Waals surface area (Å²) in [5, 5.41) is 14.8.